The largest absolute Gasteiger partial charge is 0.390 e. The molecule has 0 radical (unpaired) electrons. The summed E-state index contributed by atoms with van der Waals surface area (Å²) in [7, 11) is 2.08. The fourth-order valence-corrected chi connectivity index (χ4v) is 3.41. The molecule has 2 rings (SSSR count). The summed E-state index contributed by atoms with van der Waals surface area (Å²) in [6, 6.07) is 0. The van der Waals surface area contributed by atoms with Gasteiger partial charge in [-0.1, -0.05) is 11.6 Å². The first-order chi connectivity index (χ1) is 10.0. The standard InChI is InChI=1S/C17H31NO3/c1-13-3-5-14-6-7-15(14)9-18(2)10-17(20)12-21-11-16(19)8-4-13/h4,14-17,19-20H,3,5-12H2,1-2H3/b13-4+. The van der Waals surface area contributed by atoms with E-state index in [0.717, 1.165) is 24.8 Å². The molecular formula is C17H31NO3. The van der Waals surface area contributed by atoms with Crippen LogP contribution in [0.2, 0.25) is 0 Å². The number of likely N-dealkylation sites (N-methyl/N-ethyl adjacent to an activating group) is 1. The number of nitrogens with zero attached hydrogens (tertiary/aromatic N) is 1. The number of hydrogen-bond donors (Lipinski definition) is 2. The van der Waals surface area contributed by atoms with Crippen molar-refractivity contribution in [3.63, 3.8) is 0 Å². The highest BCUT2D eigenvalue weighted by Gasteiger charge is 2.31. The molecule has 4 atom stereocenters. The lowest BCUT2D eigenvalue weighted by Gasteiger charge is -2.39. The SMILES string of the molecule is C/C1=C\CC(O)COCC(O)CN(C)CC2CCC2CC1. The van der Waals surface area contributed by atoms with Crippen LogP contribution in [0.25, 0.3) is 0 Å². The van der Waals surface area contributed by atoms with Gasteiger partial charge in [0.2, 0.25) is 0 Å². The summed E-state index contributed by atoms with van der Waals surface area (Å²) in [5.74, 6) is 1.62. The van der Waals surface area contributed by atoms with Crippen molar-refractivity contribution >= 4 is 0 Å². The molecule has 2 N–H and O–H groups in total. The van der Waals surface area contributed by atoms with Crippen LogP contribution in [0.1, 0.15) is 39.0 Å². The summed E-state index contributed by atoms with van der Waals surface area (Å²) < 4.78 is 5.42. The van der Waals surface area contributed by atoms with Crippen molar-refractivity contribution in [3.05, 3.63) is 11.6 Å². The van der Waals surface area contributed by atoms with E-state index in [1.807, 2.05) is 0 Å². The summed E-state index contributed by atoms with van der Waals surface area (Å²) in [6.45, 7) is 4.49. The van der Waals surface area contributed by atoms with Crippen molar-refractivity contribution < 1.29 is 14.9 Å². The minimum atomic E-state index is -0.469. The van der Waals surface area contributed by atoms with Crippen LogP contribution in [0, 0.1) is 11.8 Å². The van der Waals surface area contributed by atoms with Crippen LogP contribution in [0.15, 0.2) is 11.6 Å². The number of β-amino-alcohol motifs (C(OH)–C–C–N with tert-alkyl or cyclic N) is 1. The molecule has 0 amide bonds. The van der Waals surface area contributed by atoms with Gasteiger partial charge < -0.3 is 19.8 Å². The van der Waals surface area contributed by atoms with Gasteiger partial charge in [0.05, 0.1) is 25.4 Å². The summed E-state index contributed by atoms with van der Waals surface area (Å²) in [5.41, 5.74) is 1.38. The molecule has 0 aromatic heterocycles. The highest BCUT2D eigenvalue weighted by atomic mass is 16.5. The molecule has 1 heterocycles. The molecule has 1 aliphatic heterocycles. The Labute approximate surface area is 128 Å². The molecule has 1 fully saturated rings. The van der Waals surface area contributed by atoms with E-state index < -0.39 is 12.2 Å². The van der Waals surface area contributed by atoms with E-state index in [0.29, 0.717) is 26.2 Å². The fourth-order valence-electron chi connectivity index (χ4n) is 3.41. The van der Waals surface area contributed by atoms with Crippen LogP contribution in [0.5, 0.6) is 0 Å². The smallest absolute Gasteiger partial charge is 0.0900 e. The minimum Gasteiger partial charge on any atom is -0.390 e. The Hall–Kier alpha value is -0.420. The molecule has 0 aromatic carbocycles. The predicted octanol–water partition coefficient (Wildman–Crippen LogP) is 1.81. The van der Waals surface area contributed by atoms with Crippen molar-refractivity contribution in [3.8, 4) is 0 Å². The van der Waals surface area contributed by atoms with Gasteiger partial charge in [-0.05, 0) is 57.9 Å². The van der Waals surface area contributed by atoms with Gasteiger partial charge in [0, 0.05) is 13.1 Å². The molecule has 0 bridgehead atoms. The van der Waals surface area contributed by atoms with E-state index in [4.69, 9.17) is 4.74 Å². The molecule has 0 spiro atoms. The third-order valence-electron chi connectivity index (χ3n) is 4.91. The summed E-state index contributed by atoms with van der Waals surface area (Å²) >= 11 is 0. The van der Waals surface area contributed by atoms with Crippen LogP contribution in [0.3, 0.4) is 0 Å². The molecule has 1 aliphatic carbocycles. The van der Waals surface area contributed by atoms with Gasteiger partial charge in [0.25, 0.3) is 0 Å². The zero-order valence-electron chi connectivity index (χ0n) is 13.5. The quantitative estimate of drug-likeness (QED) is 0.670. The first-order valence-electron chi connectivity index (χ1n) is 8.32. The Morgan fingerprint density at radius 2 is 1.76 bits per heavy atom. The Balaban J connectivity index is 1.92. The third-order valence-corrected chi connectivity index (χ3v) is 4.91. The van der Waals surface area contributed by atoms with E-state index in [1.54, 1.807) is 0 Å². The van der Waals surface area contributed by atoms with Crippen molar-refractivity contribution in [2.24, 2.45) is 11.8 Å². The highest BCUT2D eigenvalue weighted by Crippen LogP contribution is 2.38. The van der Waals surface area contributed by atoms with Crippen molar-refractivity contribution in [1.82, 2.24) is 4.90 Å². The van der Waals surface area contributed by atoms with Gasteiger partial charge >= 0.3 is 0 Å². The zero-order valence-corrected chi connectivity index (χ0v) is 13.5. The maximum absolute atomic E-state index is 9.98. The predicted molar refractivity (Wildman–Crippen MR) is 84.2 cm³/mol. The molecule has 1 saturated carbocycles. The molecule has 122 valence electrons. The summed E-state index contributed by atoms with van der Waals surface area (Å²) in [4.78, 5) is 2.23. The third kappa shape index (κ3) is 5.70. The minimum absolute atomic E-state index is 0.301. The Bertz CT molecular complexity index is 345. The van der Waals surface area contributed by atoms with Crippen LogP contribution in [0.4, 0.5) is 0 Å². The molecule has 4 unspecified atom stereocenters. The van der Waals surface area contributed by atoms with Gasteiger partial charge in [-0.3, -0.25) is 0 Å². The van der Waals surface area contributed by atoms with E-state index in [2.05, 4.69) is 24.9 Å². The second-order valence-electron chi connectivity index (χ2n) is 6.99. The first kappa shape index (κ1) is 16.9. The lowest BCUT2D eigenvalue weighted by molar-refractivity contribution is -0.0179. The molecule has 0 saturated heterocycles. The highest BCUT2D eigenvalue weighted by molar-refractivity contribution is 5.00. The van der Waals surface area contributed by atoms with Crippen LogP contribution in [-0.4, -0.2) is 60.7 Å². The summed E-state index contributed by atoms with van der Waals surface area (Å²) in [5, 5.41) is 19.9. The normalized spacial score (nSPS) is 40.1. The Kier molecular flexibility index (Phi) is 6.68. The average Bonchev–Trinajstić information content (AvgIpc) is 2.40. The molecule has 21 heavy (non-hydrogen) atoms. The molecular weight excluding hydrogens is 266 g/mol. The lowest BCUT2D eigenvalue weighted by Crippen LogP contribution is -2.40. The molecule has 0 aromatic rings. The van der Waals surface area contributed by atoms with Gasteiger partial charge in [-0.25, -0.2) is 0 Å². The van der Waals surface area contributed by atoms with Crippen LogP contribution >= 0.6 is 0 Å². The first-order valence-corrected chi connectivity index (χ1v) is 8.32. The Morgan fingerprint density at radius 1 is 1.05 bits per heavy atom. The van der Waals surface area contributed by atoms with Crippen LogP contribution < -0.4 is 0 Å². The van der Waals surface area contributed by atoms with Gasteiger partial charge in [0.1, 0.15) is 0 Å². The van der Waals surface area contributed by atoms with Crippen molar-refractivity contribution in [2.75, 3.05) is 33.4 Å². The van der Waals surface area contributed by atoms with Crippen molar-refractivity contribution in [2.45, 2.75) is 51.2 Å². The van der Waals surface area contributed by atoms with Crippen LogP contribution in [-0.2, 0) is 4.74 Å². The fraction of sp³-hybridized carbons (Fsp3) is 0.882. The lowest BCUT2D eigenvalue weighted by atomic mass is 9.70. The number of allylic oxidation sites excluding steroid dienone is 1. The molecule has 4 nitrogen and oxygen atoms in total. The van der Waals surface area contributed by atoms with E-state index >= 15 is 0 Å². The van der Waals surface area contributed by atoms with E-state index in [1.165, 1.54) is 24.8 Å². The Morgan fingerprint density at radius 3 is 2.48 bits per heavy atom. The second-order valence-corrected chi connectivity index (χ2v) is 6.99. The van der Waals surface area contributed by atoms with Gasteiger partial charge in [0.15, 0.2) is 0 Å². The number of aliphatic hydroxyl groups excluding tert-OH is 2. The van der Waals surface area contributed by atoms with E-state index in [-0.39, 0.29) is 0 Å². The second kappa shape index (κ2) is 8.28. The van der Waals surface area contributed by atoms with Crippen molar-refractivity contribution in [1.29, 1.82) is 0 Å². The monoisotopic (exact) mass is 297 g/mol. The van der Waals surface area contributed by atoms with Gasteiger partial charge in [-0.15, -0.1) is 0 Å². The number of aliphatic hydroxyl groups is 2. The molecule has 2 aliphatic rings. The number of rotatable bonds is 0. The maximum Gasteiger partial charge on any atom is 0.0900 e. The molecule has 4 heteroatoms. The average molecular weight is 297 g/mol. The number of ether oxygens (including phenoxy) is 1. The van der Waals surface area contributed by atoms with Gasteiger partial charge in [-0.2, -0.15) is 0 Å². The number of hydrogen-bond acceptors (Lipinski definition) is 4. The zero-order chi connectivity index (χ0) is 15.2. The topological polar surface area (TPSA) is 52.9 Å². The number of fused-ring (bicyclic) bond motifs is 1. The summed E-state index contributed by atoms with van der Waals surface area (Å²) in [6.07, 6.45) is 6.93. The van der Waals surface area contributed by atoms with E-state index in [9.17, 15) is 10.2 Å². The maximum atomic E-state index is 9.98.